The van der Waals surface area contributed by atoms with Crippen molar-refractivity contribution in [3.8, 4) is 0 Å². The van der Waals surface area contributed by atoms with E-state index < -0.39 is 4.92 Å². The van der Waals surface area contributed by atoms with E-state index in [1.807, 2.05) is 6.92 Å². The summed E-state index contributed by atoms with van der Waals surface area (Å²) < 4.78 is 0.681. The molecule has 1 aromatic carbocycles. The van der Waals surface area contributed by atoms with Crippen LogP contribution < -0.4 is 0 Å². The Balaban J connectivity index is 2.62. The molecule has 2 rings (SSSR count). The Morgan fingerprint density at radius 1 is 1.41 bits per heavy atom. The number of hydrogen-bond acceptors (Lipinski definition) is 4. The van der Waals surface area contributed by atoms with Gasteiger partial charge in [0, 0.05) is 23.9 Å². The van der Waals surface area contributed by atoms with Gasteiger partial charge in [0.2, 0.25) is 0 Å². The SMILES string of the molecule is CCCc1nc(Br)c2ccc([N+](=O)[O-])cc2n1. The standard InChI is InChI=1S/C11H10BrN3O2/c1-2-3-10-13-9-6-7(15(16)17)4-5-8(9)11(12)14-10/h4-6H,2-3H2,1H3. The number of aryl methyl sites for hydroxylation is 1. The molecule has 0 N–H and O–H groups in total. The molecule has 17 heavy (non-hydrogen) atoms. The number of halogens is 1. The minimum absolute atomic E-state index is 0.0468. The number of nitro benzene ring substituents is 1. The van der Waals surface area contributed by atoms with Crippen LogP contribution in [0.3, 0.4) is 0 Å². The molecule has 88 valence electrons. The van der Waals surface area contributed by atoms with Crippen molar-refractivity contribution in [3.05, 3.63) is 38.7 Å². The maximum Gasteiger partial charge on any atom is 0.271 e. The van der Waals surface area contributed by atoms with Gasteiger partial charge in [-0.2, -0.15) is 0 Å². The first-order valence-corrected chi connectivity index (χ1v) is 6.01. The van der Waals surface area contributed by atoms with Gasteiger partial charge in [-0.3, -0.25) is 10.1 Å². The van der Waals surface area contributed by atoms with Crippen LogP contribution in [0, 0.1) is 10.1 Å². The fourth-order valence-electron chi connectivity index (χ4n) is 1.57. The first-order valence-electron chi connectivity index (χ1n) is 5.22. The highest BCUT2D eigenvalue weighted by Crippen LogP contribution is 2.25. The van der Waals surface area contributed by atoms with Crippen LogP contribution in [0.15, 0.2) is 22.8 Å². The van der Waals surface area contributed by atoms with E-state index >= 15 is 0 Å². The summed E-state index contributed by atoms with van der Waals surface area (Å²) in [7, 11) is 0. The molecular weight excluding hydrogens is 286 g/mol. The van der Waals surface area contributed by atoms with Gasteiger partial charge in [-0.25, -0.2) is 9.97 Å². The third kappa shape index (κ3) is 2.41. The van der Waals surface area contributed by atoms with Crippen molar-refractivity contribution < 1.29 is 4.92 Å². The second-order valence-corrected chi connectivity index (χ2v) is 4.39. The Kier molecular flexibility index (Phi) is 3.33. The molecule has 0 amide bonds. The summed E-state index contributed by atoms with van der Waals surface area (Å²) >= 11 is 3.36. The van der Waals surface area contributed by atoms with Crippen molar-refractivity contribution in [2.45, 2.75) is 19.8 Å². The van der Waals surface area contributed by atoms with E-state index in [-0.39, 0.29) is 5.69 Å². The third-order valence-electron chi connectivity index (χ3n) is 2.36. The molecule has 0 aliphatic rings. The number of benzene rings is 1. The van der Waals surface area contributed by atoms with Gasteiger partial charge in [-0.15, -0.1) is 0 Å². The topological polar surface area (TPSA) is 68.9 Å². The first kappa shape index (κ1) is 11.9. The first-order chi connectivity index (χ1) is 8.11. The number of fused-ring (bicyclic) bond motifs is 1. The second-order valence-electron chi connectivity index (χ2n) is 3.64. The second kappa shape index (κ2) is 4.75. The van der Waals surface area contributed by atoms with E-state index in [1.54, 1.807) is 6.07 Å². The van der Waals surface area contributed by atoms with Crippen LogP contribution in [-0.4, -0.2) is 14.9 Å². The highest BCUT2D eigenvalue weighted by atomic mass is 79.9. The summed E-state index contributed by atoms with van der Waals surface area (Å²) in [4.78, 5) is 18.9. The molecule has 0 aliphatic heterocycles. The minimum Gasteiger partial charge on any atom is -0.258 e. The lowest BCUT2D eigenvalue weighted by molar-refractivity contribution is -0.384. The number of aromatic nitrogens is 2. The molecule has 2 aromatic rings. The smallest absolute Gasteiger partial charge is 0.258 e. The summed E-state index contributed by atoms with van der Waals surface area (Å²) in [6, 6.07) is 4.59. The van der Waals surface area contributed by atoms with Crippen molar-refractivity contribution >= 4 is 32.5 Å². The van der Waals surface area contributed by atoms with Crippen LogP contribution in [0.4, 0.5) is 5.69 Å². The van der Waals surface area contributed by atoms with Crippen LogP contribution in [0.1, 0.15) is 19.2 Å². The molecule has 1 heterocycles. The Bertz CT molecular complexity index is 586. The summed E-state index contributed by atoms with van der Waals surface area (Å²) in [6.45, 7) is 2.04. The van der Waals surface area contributed by atoms with E-state index in [1.165, 1.54) is 12.1 Å². The van der Waals surface area contributed by atoms with Crippen LogP contribution in [0.25, 0.3) is 10.9 Å². The van der Waals surface area contributed by atoms with Gasteiger partial charge < -0.3 is 0 Å². The Labute approximate surface area is 106 Å². The molecular formula is C11H10BrN3O2. The molecule has 0 unspecified atom stereocenters. The monoisotopic (exact) mass is 295 g/mol. The number of hydrogen-bond donors (Lipinski definition) is 0. The molecule has 0 saturated heterocycles. The largest absolute Gasteiger partial charge is 0.271 e. The van der Waals surface area contributed by atoms with Crippen LogP contribution in [0.2, 0.25) is 0 Å². The summed E-state index contributed by atoms with van der Waals surface area (Å²) in [5, 5.41) is 11.5. The van der Waals surface area contributed by atoms with Gasteiger partial charge in [-0.05, 0) is 28.4 Å². The highest BCUT2D eigenvalue weighted by molar-refractivity contribution is 9.10. The van der Waals surface area contributed by atoms with Gasteiger partial charge >= 0.3 is 0 Å². The quantitative estimate of drug-likeness (QED) is 0.495. The zero-order valence-electron chi connectivity index (χ0n) is 9.18. The fourth-order valence-corrected chi connectivity index (χ4v) is 2.11. The van der Waals surface area contributed by atoms with Crippen LogP contribution in [0.5, 0.6) is 0 Å². The predicted molar refractivity (Wildman–Crippen MR) is 67.9 cm³/mol. The van der Waals surface area contributed by atoms with Crippen molar-refractivity contribution in [1.29, 1.82) is 0 Å². The number of nitrogens with zero attached hydrogens (tertiary/aromatic N) is 3. The fraction of sp³-hybridized carbons (Fsp3) is 0.273. The van der Waals surface area contributed by atoms with E-state index in [0.717, 1.165) is 18.2 Å². The van der Waals surface area contributed by atoms with Gasteiger partial charge in [0.1, 0.15) is 10.4 Å². The van der Waals surface area contributed by atoms with Gasteiger partial charge in [0.05, 0.1) is 10.4 Å². The normalized spacial score (nSPS) is 10.7. The maximum atomic E-state index is 10.7. The average Bonchev–Trinajstić information content (AvgIpc) is 2.28. The van der Waals surface area contributed by atoms with Crippen molar-refractivity contribution in [3.63, 3.8) is 0 Å². The van der Waals surface area contributed by atoms with Crippen molar-refractivity contribution in [2.75, 3.05) is 0 Å². The molecule has 6 heteroatoms. The van der Waals surface area contributed by atoms with Gasteiger partial charge in [0.25, 0.3) is 5.69 Å². The summed E-state index contributed by atoms with van der Waals surface area (Å²) in [5.74, 6) is 0.701. The Morgan fingerprint density at radius 3 is 2.82 bits per heavy atom. The molecule has 0 spiro atoms. The Hall–Kier alpha value is -1.56. The maximum absolute atomic E-state index is 10.7. The third-order valence-corrected chi connectivity index (χ3v) is 2.97. The van der Waals surface area contributed by atoms with E-state index in [9.17, 15) is 10.1 Å². The lowest BCUT2D eigenvalue weighted by Crippen LogP contribution is -1.97. The lowest BCUT2D eigenvalue weighted by atomic mass is 10.2. The lowest BCUT2D eigenvalue weighted by Gasteiger charge is -2.03. The average molecular weight is 296 g/mol. The molecule has 0 aliphatic carbocycles. The Morgan fingerprint density at radius 2 is 2.18 bits per heavy atom. The zero-order valence-corrected chi connectivity index (χ0v) is 10.8. The molecule has 0 fully saturated rings. The van der Waals surface area contributed by atoms with Gasteiger partial charge in [0.15, 0.2) is 0 Å². The predicted octanol–water partition coefficient (Wildman–Crippen LogP) is 3.25. The van der Waals surface area contributed by atoms with E-state index in [2.05, 4.69) is 25.9 Å². The highest BCUT2D eigenvalue weighted by Gasteiger charge is 2.10. The number of rotatable bonds is 3. The molecule has 1 aromatic heterocycles. The molecule has 0 bridgehead atoms. The molecule has 0 radical (unpaired) electrons. The van der Waals surface area contributed by atoms with Crippen LogP contribution in [-0.2, 0) is 6.42 Å². The molecule has 0 saturated carbocycles. The molecule has 5 nitrogen and oxygen atoms in total. The molecule has 0 atom stereocenters. The summed E-state index contributed by atoms with van der Waals surface area (Å²) in [6.07, 6.45) is 1.70. The number of non-ortho nitro benzene ring substituents is 1. The minimum atomic E-state index is -0.422. The van der Waals surface area contributed by atoms with E-state index in [4.69, 9.17) is 0 Å². The van der Waals surface area contributed by atoms with Gasteiger partial charge in [-0.1, -0.05) is 6.92 Å². The van der Waals surface area contributed by atoms with E-state index in [0.29, 0.717) is 15.9 Å². The number of nitro groups is 1. The van der Waals surface area contributed by atoms with Crippen molar-refractivity contribution in [1.82, 2.24) is 9.97 Å². The van der Waals surface area contributed by atoms with Crippen LogP contribution >= 0.6 is 15.9 Å². The van der Waals surface area contributed by atoms with Crippen molar-refractivity contribution in [2.24, 2.45) is 0 Å². The summed E-state index contributed by atoms with van der Waals surface area (Å²) in [5.41, 5.74) is 0.648. The zero-order chi connectivity index (χ0) is 12.4.